The van der Waals surface area contributed by atoms with E-state index in [-0.39, 0.29) is 37.9 Å². The van der Waals surface area contributed by atoms with Gasteiger partial charge in [0.1, 0.15) is 17.2 Å². The maximum atomic E-state index is 11.1. The lowest BCUT2D eigenvalue weighted by Crippen LogP contribution is -2.55. The van der Waals surface area contributed by atoms with E-state index in [9.17, 15) is 15.3 Å². The quantitative estimate of drug-likeness (QED) is 0.0485. The van der Waals surface area contributed by atoms with E-state index in [0.717, 1.165) is 55.8 Å². The molecule has 3 aromatic carbocycles. The molecule has 0 saturated carbocycles. The molecule has 7 heteroatoms. The predicted molar refractivity (Wildman–Crippen MR) is 311 cm³/mol. The molecule has 0 saturated heterocycles. The van der Waals surface area contributed by atoms with Crippen LogP contribution in [0.25, 0.3) is 0 Å². The summed E-state index contributed by atoms with van der Waals surface area (Å²) in [5, 5.41) is 33.4. The molecule has 0 heterocycles. The molecular weight excluding hydrogens is 903 g/mol. The van der Waals surface area contributed by atoms with E-state index in [1.54, 1.807) is 0 Å². The molecule has 0 bridgehead atoms. The summed E-state index contributed by atoms with van der Waals surface area (Å²) in [6.07, 6.45) is 44.0. The van der Waals surface area contributed by atoms with Crippen molar-refractivity contribution in [2.24, 2.45) is 0 Å². The van der Waals surface area contributed by atoms with Crippen LogP contribution in [0.3, 0.4) is 0 Å². The second-order valence-corrected chi connectivity index (χ2v) is 21.5. The van der Waals surface area contributed by atoms with Crippen LogP contribution in [0.2, 0.25) is 0 Å². The molecule has 0 aromatic heterocycles. The molecule has 3 unspecified atom stereocenters. The highest BCUT2D eigenvalue weighted by molar-refractivity contribution is 5.35. The first-order chi connectivity index (χ1) is 36.1. The third kappa shape index (κ3) is 29.7. The van der Waals surface area contributed by atoms with Crippen LogP contribution in [-0.4, -0.2) is 78.0 Å². The monoisotopic (exact) mass is 1010 g/mol. The molecule has 0 aliphatic rings. The number of unbranched alkanes of at least 4 members (excludes halogenated alkanes) is 27. The van der Waals surface area contributed by atoms with Crippen molar-refractivity contribution in [2.45, 2.75) is 270 Å². The Labute approximate surface area is 449 Å². The lowest BCUT2D eigenvalue weighted by molar-refractivity contribution is -0.0224. The van der Waals surface area contributed by atoms with Gasteiger partial charge in [0.05, 0.1) is 39.6 Å². The zero-order valence-electron chi connectivity index (χ0n) is 47.4. The van der Waals surface area contributed by atoms with E-state index in [0.29, 0.717) is 39.1 Å². The van der Waals surface area contributed by atoms with Crippen LogP contribution < -0.4 is 14.2 Å². The summed E-state index contributed by atoms with van der Waals surface area (Å²) >= 11 is 0. The standard InChI is InChI=1S/C66H111NO6/c1-4-7-10-13-16-19-22-25-28-31-40-58-43-34-37-46-64(58)71-52-49-61(55-68)67(62(56-69)50-53-72-65-47-38-35-44-59(65)41-32-29-26-23-20-17-14-11-8-5-2)63(57-70)51-54-73-66-48-39-36-45-60(66)42-33-30-27-24-21-18-15-12-9-6-3/h34-39,43-48,61-63,68-70H,4-33,40-42,49-57H2,1-3H3. The lowest BCUT2D eigenvalue weighted by Gasteiger charge is -2.42. The van der Waals surface area contributed by atoms with Crippen LogP contribution >= 0.6 is 0 Å². The van der Waals surface area contributed by atoms with Gasteiger partial charge in [-0.25, -0.2) is 0 Å². The fraction of sp³-hybridized carbons (Fsp3) is 0.727. The summed E-state index contributed by atoms with van der Waals surface area (Å²) in [5.41, 5.74) is 3.70. The van der Waals surface area contributed by atoms with Gasteiger partial charge in [0.2, 0.25) is 0 Å². The maximum Gasteiger partial charge on any atom is 0.122 e. The Morgan fingerprint density at radius 1 is 0.315 bits per heavy atom. The number of aliphatic hydroxyl groups is 3. The molecule has 0 spiro atoms. The van der Waals surface area contributed by atoms with E-state index >= 15 is 0 Å². The average molecular weight is 1010 g/mol. The van der Waals surface area contributed by atoms with Gasteiger partial charge in [0, 0.05) is 18.1 Å². The Bertz CT molecular complexity index is 1490. The van der Waals surface area contributed by atoms with E-state index in [1.165, 1.54) is 190 Å². The van der Waals surface area contributed by atoms with Gasteiger partial charge in [0.25, 0.3) is 0 Å². The van der Waals surface area contributed by atoms with Gasteiger partial charge < -0.3 is 29.5 Å². The first-order valence-corrected chi connectivity index (χ1v) is 30.8. The van der Waals surface area contributed by atoms with Gasteiger partial charge in [-0.1, -0.05) is 249 Å². The number of hydrogen-bond acceptors (Lipinski definition) is 7. The number of rotatable bonds is 51. The fourth-order valence-electron chi connectivity index (χ4n) is 10.8. The molecular formula is C66H111NO6. The third-order valence-electron chi connectivity index (χ3n) is 15.3. The van der Waals surface area contributed by atoms with Crippen LogP contribution in [0.15, 0.2) is 72.8 Å². The maximum absolute atomic E-state index is 11.1. The molecule has 416 valence electrons. The summed E-state index contributed by atoms with van der Waals surface area (Å²) in [6.45, 7) is 7.71. The van der Waals surface area contributed by atoms with Gasteiger partial charge in [0.15, 0.2) is 0 Å². The van der Waals surface area contributed by atoms with Gasteiger partial charge in [-0.3, -0.25) is 4.90 Å². The second-order valence-electron chi connectivity index (χ2n) is 21.5. The third-order valence-corrected chi connectivity index (χ3v) is 15.3. The molecule has 3 atom stereocenters. The Kier molecular flexibility index (Phi) is 39.7. The van der Waals surface area contributed by atoms with Crippen LogP contribution in [0.5, 0.6) is 17.2 Å². The van der Waals surface area contributed by atoms with Gasteiger partial charge in [-0.2, -0.15) is 0 Å². The number of para-hydroxylation sites is 3. The van der Waals surface area contributed by atoms with Crippen molar-refractivity contribution in [1.29, 1.82) is 0 Å². The van der Waals surface area contributed by atoms with Crippen LogP contribution in [0.1, 0.15) is 249 Å². The molecule has 7 nitrogen and oxygen atoms in total. The minimum absolute atomic E-state index is 0.123. The highest BCUT2D eigenvalue weighted by Crippen LogP contribution is 2.27. The second kappa shape index (κ2) is 45.1. The molecule has 0 amide bonds. The topological polar surface area (TPSA) is 91.6 Å². The largest absolute Gasteiger partial charge is 0.493 e. The Morgan fingerprint density at radius 2 is 0.534 bits per heavy atom. The SMILES string of the molecule is CCCCCCCCCCCCc1ccccc1OCCC(CO)N(C(CO)CCOc1ccccc1CCCCCCCCCCCC)C(CO)CCOc1ccccc1CCCCCCCCCCCC. The summed E-state index contributed by atoms with van der Waals surface area (Å²) < 4.78 is 19.6. The van der Waals surface area contributed by atoms with Crippen LogP contribution in [0, 0.1) is 0 Å². The number of ether oxygens (including phenoxy) is 3. The molecule has 0 fully saturated rings. The number of hydrogen-bond donors (Lipinski definition) is 3. The van der Waals surface area contributed by atoms with Crippen molar-refractivity contribution < 1.29 is 29.5 Å². The minimum atomic E-state index is -0.351. The van der Waals surface area contributed by atoms with E-state index < -0.39 is 0 Å². The molecule has 3 aromatic rings. The van der Waals surface area contributed by atoms with Gasteiger partial charge >= 0.3 is 0 Å². The summed E-state index contributed by atoms with van der Waals surface area (Å²) in [4.78, 5) is 2.16. The van der Waals surface area contributed by atoms with E-state index in [4.69, 9.17) is 14.2 Å². The van der Waals surface area contributed by atoms with Crippen molar-refractivity contribution in [3.8, 4) is 17.2 Å². The number of aryl methyl sites for hydroxylation is 3. The number of nitrogens with zero attached hydrogens (tertiary/aromatic N) is 1. The fourth-order valence-corrected chi connectivity index (χ4v) is 10.8. The summed E-state index contributed by atoms with van der Waals surface area (Å²) in [6, 6.07) is 24.2. The summed E-state index contributed by atoms with van der Waals surface area (Å²) in [7, 11) is 0. The van der Waals surface area contributed by atoms with E-state index in [1.807, 2.05) is 18.2 Å². The Morgan fingerprint density at radius 3 is 0.767 bits per heavy atom. The molecule has 0 aliphatic carbocycles. The normalized spacial score (nSPS) is 12.9. The lowest BCUT2D eigenvalue weighted by atomic mass is 10.0. The molecule has 0 radical (unpaired) electrons. The van der Waals surface area contributed by atoms with E-state index in [2.05, 4.69) is 80.3 Å². The predicted octanol–water partition coefficient (Wildman–Crippen LogP) is 17.2. The summed E-state index contributed by atoms with van der Waals surface area (Å²) in [5.74, 6) is 2.73. The highest BCUT2D eigenvalue weighted by atomic mass is 16.5. The Hall–Kier alpha value is -3.10. The van der Waals surface area contributed by atoms with Crippen LogP contribution in [0.4, 0.5) is 0 Å². The average Bonchev–Trinajstić information content (AvgIpc) is 3.41. The minimum Gasteiger partial charge on any atom is -0.493 e. The van der Waals surface area contributed by atoms with Crippen molar-refractivity contribution in [3.05, 3.63) is 89.5 Å². The molecule has 0 aliphatic heterocycles. The number of aliphatic hydroxyl groups excluding tert-OH is 3. The molecule has 3 N–H and O–H groups in total. The first-order valence-electron chi connectivity index (χ1n) is 30.8. The zero-order valence-corrected chi connectivity index (χ0v) is 47.4. The van der Waals surface area contributed by atoms with Gasteiger partial charge in [-0.15, -0.1) is 0 Å². The number of benzene rings is 3. The zero-order chi connectivity index (χ0) is 52.1. The smallest absolute Gasteiger partial charge is 0.122 e. The Balaban J connectivity index is 1.63. The molecule has 3 rings (SSSR count). The first kappa shape index (κ1) is 64.2. The van der Waals surface area contributed by atoms with Crippen molar-refractivity contribution in [2.75, 3.05) is 39.6 Å². The van der Waals surface area contributed by atoms with Gasteiger partial charge in [-0.05, 0) is 92.7 Å². The molecule has 73 heavy (non-hydrogen) atoms. The highest BCUT2D eigenvalue weighted by Gasteiger charge is 2.32. The van der Waals surface area contributed by atoms with Crippen molar-refractivity contribution in [1.82, 2.24) is 4.90 Å². The van der Waals surface area contributed by atoms with Crippen molar-refractivity contribution in [3.63, 3.8) is 0 Å². The van der Waals surface area contributed by atoms with Crippen molar-refractivity contribution >= 4 is 0 Å². The van der Waals surface area contributed by atoms with Crippen LogP contribution in [-0.2, 0) is 19.3 Å².